The van der Waals surface area contributed by atoms with Crippen LogP contribution in [0.4, 0.5) is 0 Å². The number of ketones is 1. The number of rotatable bonds is 10. The fourth-order valence-corrected chi connectivity index (χ4v) is 2.92. The van der Waals surface area contributed by atoms with E-state index in [4.69, 9.17) is 23.2 Å². The number of carbonyl (C=O) groups excluding carboxylic acids is 2. The minimum absolute atomic E-state index is 0.158. The standard InChI is InChI=1S/C18H23Cl2NO2S/c1-2-3-4-5-6-7-12-21-16(23)11-9-14(22)17-13(19)8-10-15(24)18(17)20/h8-11,24H,2-7,12H2,1H3,(H,21,23). The molecule has 0 radical (unpaired) electrons. The van der Waals surface area contributed by atoms with E-state index in [1.165, 1.54) is 37.8 Å². The van der Waals surface area contributed by atoms with Crippen LogP contribution in [0.25, 0.3) is 0 Å². The Balaban J connectivity index is 2.42. The number of benzene rings is 1. The molecule has 0 aliphatic heterocycles. The van der Waals surface area contributed by atoms with Crippen LogP contribution in [0.2, 0.25) is 10.0 Å². The van der Waals surface area contributed by atoms with E-state index < -0.39 is 5.78 Å². The normalized spacial score (nSPS) is 11.0. The molecule has 132 valence electrons. The lowest BCUT2D eigenvalue weighted by molar-refractivity contribution is -0.116. The zero-order valence-corrected chi connectivity index (χ0v) is 16.2. The molecule has 1 N–H and O–H groups in total. The fourth-order valence-electron chi connectivity index (χ4n) is 2.18. The van der Waals surface area contributed by atoms with Crippen LogP contribution < -0.4 is 5.32 Å². The Morgan fingerprint density at radius 1 is 1.08 bits per heavy atom. The van der Waals surface area contributed by atoms with Gasteiger partial charge in [-0.05, 0) is 24.6 Å². The summed E-state index contributed by atoms with van der Waals surface area (Å²) >= 11 is 16.2. The first kappa shape index (κ1) is 21.1. The molecule has 0 saturated carbocycles. The Hall–Kier alpha value is -0.970. The first-order valence-corrected chi connectivity index (χ1v) is 9.34. The highest BCUT2D eigenvalue weighted by Gasteiger charge is 2.14. The second-order valence-corrected chi connectivity index (χ2v) is 6.78. The van der Waals surface area contributed by atoms with E-state index in [1.807, 2.05) is 0 Å². The van der Waals surface area contributed by atoms with E-state index in [2.05, 4.69) is 24.9 Å². The van der Waals surface area contributed by atoms with Crippen molar-refractivity contribution in [3.8, 4) is 0 Å². The number of thiol groups is 1. The molecule has 24 heavy (non-hydrogen) atoms. The van der Waals surface area contributed by atoms with Crippen LogP contribution in [0.5, 0.6) is 0 Å². The number of hydrogen-bond acceptors (Lipinski definition) is 3. The highest BCUT2D eigenvalue weighted by molar-refractivity contribution is 7.80. The van der Waals surface area contributed by atoms with E-state index in [0.29, 0.717) is 11.4 Å². The van der Waals surface area contributed by atoms with E-state index >= 15 is 0 Å². The lowest BCUT2D eigenvalue weighted by Crippen LogP contribution is -2.22. The third kappa shape index (κ3) is 7.29. The van der Waals surface area contributed by atoms with Gasteiger partial charge in [0.15, 0.2) is 5.78 Å². The molecule has 3 nitrogen and oxygen atoms in total. The molecule has 0 unspecified atom stereocenters. The Bertz CT molecular complexity index is 603. The van der Waals surface area contributed by atoms with Crippen LogP contribution in [0.3, 0.4) is 0 Å². The molecule has 6 heteroatoms. The van der Waals surface area contributed by atoms with Crippen LogP contribution in [-0.4, -0.2) is 18.2 Å². The summed E-state index contributed by atoms with van der Waals surface area (Å²) < 4.78 is 0. The van der Waals surface area contributed by atoms with Gasteiger partial charge in [-0.1, -0.05) is 62.2 Å². The monoisotopic (exact) mass is 387 g/mol. The summed E-state index contributed by atoms with van der Waals surface area (Å²) in [4.78, 5) is 24.3. The molecule has 1 aromatic rings. The van der Waals surface area contributed by atoms with Crippen molar-refractivity contribution in [2.75, 3.05) is 6.54 Å². The number of halogens is 2. The fraction of sp³-hybridized carbons (Fsp3) is 0.444. The van der Waals surface area contributed by atoms with Gasteiger partial charge in [0.05, 0.1) is 15.6 Å². The Morgan fingerprint density at radius 3 is 2.46 bits per heavy atom. The first-order chi connectivity index (χ1) is 11.5. The van der Waals surface area contributed by atoms with Gasteiger partial charge in [-0.2, -0.15) is 0 Å². The summed E-state index contributed by atoms with van der Waals surface area (Å²) in [7, 11) is 0. The van der Waals surface area contributed by atoms with Gasteiger partial charge < -0.3 is 5.32 Å². The lowest BCUT2D eigenvalue weighted by atomic mass is 10.1. The van der Waals surface area contributed by atoms with Gasteiger partial charge in [0.1, 0.15) is 0 Å². The number of nitrogens with one attached hydrogen (secondary N) is 1. The quantitative estimate of drug-likeness (QED) is 0.241. The average molecular weight is 388 g/mol. The van der Waals surface area contributed by atoms with E-state index in [-0.39, 0.29) is 21.5 Å². The predicted octanol–water partition coefficient (Wildman–Crippen LogP) is 5.50. The van der Waals surface area contributed by atoms with Crippen molar-refractivity contribution in [1.29, 1.82) is 0 Å². The summed E-state index contributed by atoms with van der Waals surface area (Å²) in [5, 5.41) is 3.19. The molecule has 0 atom stereocenters. The Labute approximate surface area is 159 Å². The summed E-state index contributed by atoms with van der Waals surface area (Å²) in [6, 6.07) is 3.16. The van der Waals surface area contributed by atoms with Gasteiger partial charge in [0, 0.05) is 17.5 Å². The molecular formula is C18H23Cl2NO2S. The van der Waals surface area contributed by atoms with Gasteiger partial charge in [-0.25, -0.2) is 0 Å². The molecular weight excluding hydrogens is 365 g/mol. The van der Waals surface area contributed by atoms with E-state index in [0.717, 1.165) is 12.8 Å². The molecule has 1 rings (SSSR count). The Morgan fingerprint density at radius 2 is 1.75 bits per heavy atom. The highest BCUT2D eigenvalue weighted by atomic mass is 35.5. The summed E-state index contributed by atoms with van der Waals surface area (Å²) in [5.74, 6) is -0.721. The minimum atomic E-state index is -0.421. The van der Waals surface area contributed by atoms with Crippen molar-refractivity contribution in [3.63, 3.8) is 0 Å². The van der Waals surface area contributed by atoms with Crippen LogP contribution >= 0.6 is 35.8 Å². The molecule has 0 saturated heterocycles. The van der Waals surface area contributed by atoms with Gasteiger partial charge in [-0.15, -0.1) is 12.6 Å². The number of carbonyl (C=O) groups is 2. The average Bonchev–Trinajstić information content (AvgIpc) is 2.56. The van der Waals surface area contributed by atoms with Crippen molar-refractivity contribution < 1.29 is 9.59 Å². The maximum atomic E-state index is 12.2. The van der Waals surface area contributed by atoms with E-state index in [1.54, 1.807) is 12.1 Å². The molecule has 0 fully saturated rings. The van der Waals surface area contributed by atoms with Gasteiger partial charge in [-0.3, -0.25) is 9.59 Å². The van der Waals surface area contributed by atoms with Crippen LogP contribution in [-0.2, 0) is 4.79 Å². The second-order valence-electron chi connectivity index (χ2n) is 5.51. The first-order valence-electron chi connectivity index (χ1n) is 8.14. The Kier molecular flexibility index (Phi) is 10.2. The van der Waals surface area contributed by atoms with Crippen molar-refractivity contribution in [1.82, 2.24) is 5.32 Å². The van der Waals surface area contributed by atoms with Crippen molar-refractivity contribution in [2.24, 2.45) is 0 Å². The summed E-state index contributed by atoms with van der Waals surface area (Å²) in [6.07, 6.45) is 9.34. The SMILES string of the molecule is CCCCCCCCNC(=O)C=CC(=O)c1c(Cl)ccc(S)c1Cl. The highest BCUT2D eigenvalue weighted by Crippen LogP contribution is 2.30. The predicted molar refractivity (Wildman–Crippen MR) is 104 cm³/mol. The van der Waals surface area contributed by atoms with Crippen molar-refractivity contribution >= 4 is 47.5 Å². The van der Waals surface area contributed by atoms with Crippen molar-refractivity contribution in [2.45, 2.75) is 50.3 Å². The molecule has 1 aromatic carbocycles. The third-order valence-corrected chi connectivity index (χ3v) is 4.74. The number of allylic oxidation sites excluding steroid dienone is 1. The second kappa shape index (κ2) is 11.6. The number of amides is 1. The van der Waals surface area contributed by atoms with Gasteiger partial charge in [0.25, 0.3) is 0 Å². The number of unbranched alkanes of at least 4 members (excludes halogenated alkanes) is 5. The van der Waals surface area contributed by atoms with Crippen molar-refractivity contribution in [3.05, 3.63) is 39.9 Å². The summed E-state index contributed by atoms with van der Waals surface area (Å²) in [5.41, 5.74) is 0.158. The molecule has 1 amide bonds. The lowest BCUT2D eigenvalue weighted by Gasteiger charge is -2.05. The summed E-state index contributed by atoms with van der Waals surface area (Å²) in [6.45, 7) is 2.79. The zero-order chi connectivity index (χ0) is 17.9. The van der Waals surface area contributed by atoms with Gasteiger partial charge in [0.2, 0.25) is 5.91 Å². The van der Waals surface area contributed by atoms with Crippen LogP contribution in [0.15, 0.2) is 29.2 Å². The van der Waals surface area contributed by atoms with Crippen LogP contribution in [0.1, 0.15) is 55.8 Å². The topological polar surface area (TPSA) is 46.2 Å². The van der Waals surface area contributed by atoms with Gasteiger partial charge >= 0.3 is 0 Å². The van der Waals surface area contributed by atoms with E-state index in [9.17, 15) is 9.59 Å². The molecule has 0 heterocycles. The molecule has 0 aliphatic carbocycles. The number of hydrogen-bond donors (Lipinski definition) is 2. The molecule has 0 aromatic heterocycles. The van der Waals surface area contributed by atoms with Crippen LogP contribution in [0, 0.1) is 0 Å². The largest absolute Gasteiger partial charge is 0.353 e. The molecule has 0 bridgehead atoms. The minimum Gasteiger partial charge on any atom is -0.353 e. The molecule has 0 spiro atoms. The maximum absolute atomic E-state index is 12.2. The third-order valence-electron chi connectivity index (χ3n) is 3.53. The zero-order valence-electron chi connectivity index (χ0n) is 13.8. The smallest absolute Gasteiger partial charge is 0.244 e. The maximum Gasteiger partial charge on any atom is 0.244 e. The molecule has 0 aliphatic rings.